The Morgan fingerprint density at radius 3 is 2.74 bits per heavy atom. The highest BCUT2D eigenvalue weighted by Gasteiger charge is 2.36. The van der Waals surface area contributed by atoms with Crippen molar-refractivity contribution >= 4 is 6.08 Å². The van der Waals surface area contributed by atoms with E-state index < -0.39 is 0 Å². The standard InChI is InChI=1S/C15H17NO3/c17-15-11-3-5-16(6-4-11)12(15)7-10-1-2-13-14(8-10)19-9-18-13/h1-2,7-8,11,15,17H,3-6,9H2/b12-7-/t15-/m0/s1. The minimum Gasteiger partial charge on any atom is -0.454 e. The molecule has 1 atom stereocenters. The summed E-state index contributed by atoms with van der Waals surface area (Å²) >= 11 is 0. The maximum atomic E-state index is 10.3. The first-order valence-corrected chi connectivity index (χ1v) is 6.85. The van der Waals surface area contributed by atoms with Gasteiger partial charge in [-0.2, -0.15) is 0 Å². The number of ether oxygens (including phenoxy) is 2. The molecular weight excluding hydrogens is 242 g/mol. The molecule has 4 heterocycles. The number of fused-ring (bicyclic) bond motifs is 4. The van der Waals surface area contributed by atoms with Crippen molar-refractivity contribution in [3.63, 3.8) is 0 Å². The first-order chi connectivity index (χ1) is 9.31. The first-order valence-electron chi connectivity index (χ1n) is 6.85. The molecule has 1 aromatic carbocycles. The van der Waals surface area contributed by atoms with Crippen LogP contribution < -0.4 is 9.47 Å². The Hall–Kier alpha value is -1.68. The number of aliphatic hydroxyl groups is 1. The summed E-state index contributed by atoms with van der Waals surface area (Å²) in [6.07, 6.45) is 3.99. The molecule has 1 aromatic rings. The predicted octanol–water partition coefficient (Wildman–Crippen LogP) is 1.84. The van der Waals surface area contributed by atoms with Crippen LogP contribution in [-0.2, 0) is 0 Å². The molecule has 4 aliphatic rings. The molecule has 100 valence electrons. The third kappa shape index (κ3) is 1.78. The average Bonchev–Trinajstić information content (AvgIpc) is 2.91. The lowest BCUT2D eigenvalue weighted by molar-refractivity contribution is 0.0215. The molecule has 0 aliphatic carbocycles. The molecule has 0 spiro atoms. The Morgan fingerprint density at radius 2 is 1.95 bits per heavy atom. The van der Waals surface area contributed by atoms with Crippen molar-refractivity contribution in [1.29, 1.82) is 0 Å². The van der Waals surface area contributed by atoms with Gasteiger partial charge in [0, 0.05) is 18.8 Å². The van der Waals surface area contributed by atoms with Gasteiger partial charge in [-0.3, -0.25) is 0 Å². The zero-order chi connectivity index (χ0) is 12.8. The fourth-order valence-electron chi connectivity index (χ4n) is 3.25. The van der Waals surface area contributed by atoms with Crippen LogP contribution in [0.2, 0.25) is 0 Å². The molecule has 3 saturated heterocycles. The van der Waals surface area contributed by atoms with Gasteiger partial charge in [-0.05, 0) is 42.5 Å². The number of benzene rings is 1. The largest absolute Gasteiger partial charge is 0.454 e. The molecule has 3 fully saturated rings. The van der Waals surface area contributed by atoms with Crippen LogP contribution in [0.4, 0.5) is 0 Å². The van der Waals surface area contributed by atoms with E-state index >= 15 is 0 Å². The van der Waals surface area contributed by atoms with E-state index in [9.17, 15) is 5.11 Å². The number of piperidine rings is 3. The van der Waals surface area contributed by atoms with Gasteiger partial charge in [0.25, 0.3) is 0 Å². The van der Waals surface area contributed by atoms with Crippen LogP contribution in [0.1, 0.15) is 18.4 Å². The molecule has 4 heteroatoms. The van der Waals surface area contributed by atoms with Crippen LogP contribution in [0, 0.1) is 5.92 Å². The van der Waals surface area contributed by atoms with Crippen LogP contribution in [0.5, 0.6) is 11.5 Å². The smallest absolute Gasteiger partial charge is 0.231 e. The van der Waals surface area contributed by atoms with Crippen molar-refractivity contribution in [2.75, 3.05) is 19.9 Å². The van der Waals surface area contributed by atoms with E-state index in [1.54, 1.807) is 0 Å². The van der Waals surface area contributed by atoms with Gasteiger partial charge in [0.2, 0.25) is 6.79 Å². The summed E-state index contributed by atoms with van der Waals surface area (Å²) in [5, 5.41) is 10.3. The van der Waals surface area contributed by atoms with Crippen molar-refractivity contribution < 1.29 is 14.6 Å². The number of nitrogens with zero attached hydrogens (tertiary/aromatic N) is 1. The second kappa shape index (κ2) is 4.17. The Labute approximate surface area is 112 Å². The summed E-state index contributed by atoms with van der Waals surface area (Å²) in [4.78, 5) is 2.30. The molecule has 0 radical (unpaired) electrons. The molecule has 0 amide bonds. The second-order valence-electron chi connectivity index (χ2n) is 5.45. The zero-order valence-electron chi connectivity index (χ0n) is 10.7. The van der Waals surface area contributed by atoms with Crippen molar-refractivity contribution in [2.45, 2.75) is 18.9 Å². The Balaban J connectivity index is 1.68. The highest BCUT2D eigenvalue weighted by molar-refractivity contribution is 5.59. The third-order valence-corrected chi connectivity index (χ3v) is 4.37. The SMILES string of the molecule is O[C@@H]1/C(=C/c2ccc3c(c2)OCO3)N2CCC1CC2. The van der Waals surface area contributed by atoms with Gasteiger partial charge in [-0.25, -0.2) is 0 Å². The maximum absolute atomic E-state index is 10.3. The molecule has 0 saturated carbocycles. The monoisotopic (exact) mass is 259 g/mol. The molecule has 2 bridgehead atoms. The lowest BCUT2D eigenvalue weighted by atomic mass is 9.83. The normalized spacial score (nSPS) is 30.2. The number of hydrogen-bond donors (Lipinski definition) is 1. The summed E-state index contributed by atoms with van der Waals surface area (Å²) < 4.78 is 10.7. The van der Waals surface area contributed by atoms with Gasteiger partial charge in [-0.15, -0.1) is 0 Å². The lowest BCUT2D eigenvalue weighted by Crippen LogP contribution is -2.48. The molecule has 0 unspecified atom stereocenters. The van der Waals surface area contributed by atoms with Crippen LogP contribution in [0.25, 0.3) is 6.08 Å². The minimum absolute atomic E-state index is 0.298. The summed E-state index contributed by atoms with van der Waals surface area (Å²) in [7, 11) is 0. The number of rotatable bonds is 1. The first kappa shape index (κ1) is 11.2. The summed E-state index contributed by atoms with van der Waals surface area (Å²) in [6, 6.07) is 5.92. The highest BCUT2D eigenvalue weighted by atomic mass is 16.7. The van der Waals surface area contributed by atoms with E-state index in [0.717, 1.165) is 48.7 Å². The topological polar surface area (TPSA) is 41.9 Å². The van der Waals surface area contributed by atoms with Crippen molar-refractivity contribution in [3.8, 4) is 11.5 Å². The Morgan fingerprint density at radius 1 is 1.16 bits per heavy atom. The zero-order valence-corrected chi connectivity index (χ0v) is 10.7. The molecule has 4 aliphatic heterocycles. The van der Waals surface area contributed by atoms with Crippen LogP contribution in [0.15, 0.2) is 23.9 Å². The van der Waals surface area contributed by atoms with Crippen LogP contribution in [-0.4, -0.2) is 36.0 Å². The van der Waals surface area contributed by atoms with Crippen molar-refractivity contribution in [3.05, 3.63) is 29.5 Å². The summed E-state index contributed by atoms with van der Waals surface area (Å²) in [5.41, 5.74) is 2.12. The van der Waals surface area contributed by atoms with Gasteiger partial charge in [-0.1, -0.05) is 6.07 Å². The molecule has 4 nitrogen and oxygen atoms in total. The van der Waals surface area contributed by atoms with Gasteiger partial charge in [0.1, 0.15) is 0 Å². The quantitative estimate of drug-likeness (QED) is 0.835. The van der Waals surface area contributed by atoms with Gasteiger partial charge >= 0.3 is 0 Å². The molecule has 5 rings (SSSR count). The van der Waals surface area contributed by atoms with Crippen LogP contribution in [0.3, 0.4) is 0 Å². The minimum atomic E-state index is -0.312. The maximum Gasteiger partial charge on any atom is 0.231 e. The van der Waals surface area contributed by atoms with Crippen molar-refractivity contribution in [1.82, 2.24) is 4.90 Å². The van der Waals surface area contributed by atoms with Gasteiger partial charge in [0.05, 0.1) is 6.10 Å². The molecule has 1 N–H and O–H groups in total. The summed E-state index contributed by atoms with van der Waals surface area (Å²) in [6.45, 7) is 2.43. The van der Waals surface area contributed by atoms with E-state index in [-0.39, 0.29) is 6.10 Å². The predicted molar refractivity (Wildman–Crippen MR) is 70.8 cm³/mol. The van der Waals surface area contributed by atoms with Crippen molar-refractivity contribution in [2.24, 2.45) is 5.92 Å². The van der Waals surface area contributed by atoms with E-state index in [4.69, 9.17) is 9.47 Å². The highest BCUT2D eigenvalue weighted by Crippen LogP contribution is 2.37. The number of aliphatic hydroxyl groups excluding tert-OH is 1. The molecule has 19 heavy (non-hydrogen) atoms. The van der Waals surface area contributed by atoms with E-state index in [2.05, 4.69) is 11.0 Å². The average molecular weight is 259 g/mol. The third-order valence-electron chi connectivity index (χ3n) is 4.37. The fourth-order valence-corrected chi connectivity index (χ4v) is 3.25. The summed E-state index contributed by atoms with van der Waals surface area (Å²) in [5.74, 6) is 2.03. The van der Waals surface area contributed by atoms with E-state index in [1.807, 2.05) is 18.2 Å². The van der Waals surface area contributed by atoms with E-state index in [0.29, 0.717) is 12.7 Å². The fraction of sp³-hybridized carbons (Fsp3) is 0.467. The number of hydrogen-bond acceptors (Lipinski definition) is 4. The Bertz CT molecular complexity index is 528. The molecular formula is C15H17NO3. The van der Waals surface area contributed by atoms with Crippen LogP contribution >= 0.6 is 0 Å². The second-order valence-corrected chi connectivity index (χ2v) is 5.45. The molecule has 0 aromatic heterocycles. The van der Waals surface area contributed by atoms with Gasteiger partial charge < -0.3 is 19.5 Å². The van der Waals surface area contributed by atoms with Gasteiger partial charge in [0.15, 0.2) is 11.5 Å². The lowest BCUT2D eigenvalue weighted by Gasteiger charge is -2.45. The Kier molecular flexibility index (Phi) is 2.45. The van der Waals surface area contributed by atoms with E-state index in [1.165, 1.54) is 0 Å².